The van der Waals surface area contributed by atoms with Crippen LogP contribution in [0.15, 0.2) is 18.2 Å². The van der Waals surface area contributed by atoms with Crippen molar-refractivity contribution in [2.45, 2.75) is 37.8 Å². The van der Waals surface area contributed by atoms with Crippen molar-refractivity contribution < 1.29 is 14.3 Å². The van der Waals surface area contributed by atoms with Gasteiger partial charge in [-0.1, -0.05) is 11.6 Å². The van der Waals surface area contributed by atoms with Crippen LogP contribution in [0.25, 0.3) is 0 Å². The van der Waals surface area contributed by atoms with E-state index in [9.17, 15) is 9.59 Å². The predicted molar refractivity (Wildman–Crippen MR) is 99.6 cm³/mol. The van der Waals surface area contributed by atoms with Gasteiger partial charge in [-0.25, -0.2) is 0 Å². The Morgan fingerprint density at radius 2 is 2.04 bits per heavy atom. The molecule has 2 bridgehead atoms. The predicted octanol–water partition coefficient (Wildman–Crippen LogP) is 2.05. The fraction of sp³-hybridized carbons (Fsp3) is 0.579. The third-order valence-electron chi connectivity index (χ3n) is 5.74. The van der Waals surface area contributed by atoms with Crippen LogP contribution in [0.4, 0.5) is 5.69 Å². The number of hydrogen-bond donors (Lipinski definition) is 1. The van der Waals surface area contributed by atoms with E-state index < -0.39 is 0 Å². The average molecular weight is 378 g/mol. The number of carbonyl (C=O) groups is 2. The summed E-state index contributed by atoms with van der Waals surface area (Å²) in [4.78, 5) is 29.2. The maximum atomic E-state index is 13.0. The third-order valence-corrected chi connectivity index (χ3v) is 5.98. The van der Waals surface area contributed by atoms with E-state index in [2.05, 4.69) is 5.32 Å². The van der Waals surface area contributed by atoms with Crippen molar-refractivity contribution >= 4 is 29.1 Å². The zero-order valence-electron chi connectivity index (χ0n) is 14.9. The molecule has 26 heavy (non-hydrogen) atoms. The molecule has 2 amide bonds. The first-order valence-corrected chi connectivity index (χ1v) is 9.61. The molecule has 0 radical (unpaired) electrons. The number of carbonyl (C=O) groups excluding carboxylic acids is 2. The van der Waals surface area contributed by atoms with Crippen LogP contribution in [0.2, 0.25) is 5.02 Å². The lowest BCUT2D eigenvalue weighted by atomic mass is 10.0. The Balaban J connectivity index is 1.49. The van der Waals surface area contributed by atoms with Gasteiger partial charge in [-0.2, -0.15) is 0 Å². The van der Waals surface area contributed by atoms with Crippen molar-refractivity contribution in [2.24, 2.45) is 5.92 Å². The Hall–Kier alpha value is -1.79. The molecule has 1 aromatic rings. The maximum absolute atomic E-state index is 13.0. The Bertz CT molecular complexity index is 726. The Morgan fingerprint density at radius 1 is 1.23 bits per heavy atom. The van der Waals surface area contributed by atoms with Crippen LogP contribution in [0, 0.1) is 5.92 Å². The van der Waals surface area contributed by atoms with Gasteiger partial charge in [-0.15, -0.1) is 0 Å². The lowest BCUT2D eigenvalue weighted by Gasteiger charge is -2.27. The van der Waals surface area contributed by atoms with Crippen LogP contribution in [-0.2, 0) is 9.59 Å². The summed E-state index contributed by atoms with van der Waals surface area (Å²) in [6.07, 6.45) is 3.57. The van der Waals surface area contributed by atoms with E-state index in [1.807, 2.05) is 4.90 Å². The summed E-state index contributed by atoms with van der Waals surface area (Å²) in [6.45, 7) is 1.91. The number of methoxy groups -OCH3 is 1. The number of halogens is 1. The molecule has 3 aliphatic heterocycles. The minimum absolute atomic E-state index is 0.0571. The molecule has 0 saturated carbocycles. The third kappa shape index (κ3) is 3.28. The van der Waals surface area contributed by atoms with Gasteiger partial charge in [0.05, 0.1) is 18.7 Å². The molecule has 140 valence electrons. The molecule has 6 nitrogen and oxygen atoms in total. The molecule has 7 heteroatoms. The lowest BCUT2D eigenvalue weighted by Crippen LogP contribution is -2.42. The lowest BCUT2D eigenvalue weighted by molar-refractivity contribution is -0.136. The van der Waals surface area contributed by atoms with Gasteiger partial charge in [0.15, 0.2) is 0 Å². The van der Waals surface area contributed by atoms with E-state index in [1.165, 1.54) is 6.42 Å². The highest BCUT2D eigenvalue weighted by Crippen LogP contribution is 2.36. The first-order chi connectivity index (χ1) is 12.5. The first-order valence-electron chi connectivity index (χ1n) is 9.24. The van der Waals surface area contributed by atoms with Crippen molar-refractivity contribution in [3.05, 3.63) is 23.2 Å². The summed E-state index contributed by atoms with van der Waals surface area (Å²) in [5, 5.41) is 4.13. The topological polar surface area (TPSA) is 61.9 Å². The Kier molecular flexibility index (Phi) is 4.80. The monoisotopic (exact) mass is 377 g/mol. The van der Waals surface area contributed by atoms with Crippen LogP contribution in [0.1, 0.15) is 25.7 Å². The van der Waals surface area contributed by atoms with Gasteiger partial charge in [-0.3, -0.25) is 9.59 Å². The minimum Gasteiger partial charge on any atom is -0.495 e. The van der Waals surface area contributed by atoms with Crippen molar-refractivity contribution in [3.63, 3.8) is 0 Å². The highest BCUT2D eigenvalue weighted by Gasteiger charge is 2.40. The van der Waals surface area contributed by atoms with Crippen molar-refractivity contribution in [1.29, 1.82) is 0 Å². The number of benzene rings is 1. The van der Waals surface area contributed by atoms with E-state index in [0.717, 1.165) is 25.9 Å². The van der Waals surface area contributed by atoms with Crippen LogP contribution in [0.3, 0.4) is 0 Å². The normalized spacial score (nSPS) is 28.4. The highest BCUT2D eigenvalue weighted by molar-refractivity contribution is 6.31. The van der Waals surface area contributed by atoms with E-state index in [-0.39, 0.29) is 24.2 Å². The molecule has 3 aliphatic rings. The quantitative estimate of drug-likeness (QED) is 0.875. The molecule has 0 spiro atoms. The van der Waals surface area contributed by atoms with Gasteiger partial charge < -0.3 is 19.9 Å². The molecule has 3 saturated heterocycles. The first kappa shape index (κ1) is 17.6. The molecule has 3 atom stereocenters. The second kappa shape index (κ2) is 7.08. The van der Waals surface area contributed by atoms with Crippen LogP contribution in [0.5, 0.6) is 5.75 Å². The van der Waals surface area contributed by atoms with E-state index in [4.69, 9.17) is 16.3 Å². The van der Waals surface area contributed by atoms with Crippen molar-refractivity contribution in [1.82, 2.24) is 10.2 Å². The largest absolute Gasteiger partial charge is 0.495 e. The number of rotatable bonds is 3. The van der Waals surface area contributed by atoms with Gasteiger partial charge in [-0.05, 0) is 37.5 Å². The zero-order chi connectivity index (χ0) is 18.3. The standard InChI is InChI=1S/C19H24ClN3O3/c1-26-17-5-2-13(20)9-16(17)23-10-12(8-18(23)24)19(25)22-7-6-14-3-4-15(11-22)21-14/h2,5,9,12,14-15,21H,3-4,6-8,10-11H2,1H3. The number of hydrogen-bond acceptors (Lipinski definition) is 4. The van der Waals surface area contributed by atoms with Gasteiger partial charge in [0.25, 0.3) is 0 Å². The van der Waals surface area contributed by atoms with Gasteiger partial charge in [0, 0.05) is 43.2 Å². The molecule has 3 heterocycles. The van der Waals surface area contributed by atoms with Crippen LogP contribution >= 0.6 is 11.6 Å². The summed E-state index contributed by atoms with van der Waals surface area (Å²) in [5.74, 6) is 0.324. The summed E-state index contributed by atoms with van der Waals surface area (Å²) < 4.78 is 5.37. The molecule has 3 fully saturated rings. The smallest absolute Gasteiger partial charge is 0.228 e. The van der Waals surface area contributed by atoms with Gasteiger partial charge >= 0.3 is 0 Å². The summed E-state index contributed by atoms with van der Waals surface area (Å²) in [6, 6.07) is 6.13. The second-order valence-electron chi connectivity index (χ2n) is 7.43. The van der Waals surface area contributed by atoms with Crippen LogP contribution < -0.4 is 15.0 Å². The molecule has 1 N–H and O–H groups in total. The second-order valence-corrected chi connectivity index (χ2v) is 7.87. The number of nitrogens with one attached hydrogen (secondary N) is 1. The molecular weight excluding hydrogens is 354 g/mol. The SMILES string of the molecule is COc1ccc(Cl)cc1N1CC(C(=O)N2CCC3CCC(C2)N3)CC1=O. The van der Waals surface area contributed by atoms with E-state index in [1.54, 1.807) is 30.2 Å². The Labute approximate surface area is 158 Å². The molecule has 3 unspecified atom stereocenters. The minimum atomic E-state index is -0.303. The molecule has 4 rings (SSSR count). The fourth-order valence-corrected chi connectivity index (χ4v) is 4.55. The van der Waals surface area contributed by atoms with Crippen molar-refractivity contribution in [3.8, 4) is 5.75 Å². The highest BCUT2D eigenvalue weighted by atomic mass is 35.5. The number of likely N-dealkylation sites (tertiary alicyclic amines) is 1. The Morgan fingerprint density at radius 3 is 2.85 bits per heavy atom. The van der Waals surface area contributed by atoms with E-state index in [0.29, 0.717) is 35.1 Å². The maximum Gasteiger partial charge on any atom is 0.228 e. The number of anilines is 1. The summed E-state index contributed by atoms with van der Waals surface area (Å²) >= 11 is 6.10. The van der Waals surface area contributed by atoms with Crippen LogP contribution in [-0.4, -0.2) is 55.5 Å². The molecule has 1 aromatic carbocycles. The summed E-state index contributed by atoms with van der Waals surface area (Å²) in [7, 11) is 1.56. The number of amides is 2. The number of fused-ring (bicyclic) bond motifs is 2. The molecule has 0 aliphatic carbocycles. The van der Waals surface area contributed by atoms with Crippen molar-refractivity contribution in [2.75, 3.05) is 31.6 Å². The summed E-state index contributed by atoms with van der Waals surface area (Å²) in [5.41, 5.74) is 0.636. The fourth-order valence-electron chi connectivity index (χ4n) is 4.38. The number of nitrogens with zero attached hydrogens (tertiary/aromatic N) is 2. The zero-order valence-corrected chi connectivity index (χ0v) is 15.7. The average Bonchev–Trinajstić information content (AvgIpc) is 3.16. The number of ether oxygens (including phenoxy) is 1. The van der Waals surface area contributed by atoms with Gasteiger partial charge in [0.1, 0.15) is 5.75 Å². The molecule has 0 aromatic heterocycles. The molecular formula is C19H24ClN3O3. The van der Waals surface area contributed by atoms with E-state index >= 15 is 0 Å². The van der Waals surface area contributed by atoms with Gasteiger partial charge in [0.2, 0.25) is 11.8 Å².